The quantitative estimate of drug-likeness (QED) is 0.751. The summed E-state index contributed by atoms with van der Waals surface area (Å²) >= 11 is 11.9. The van der Waals surface area contributed by atoms with E-state index in [1.165, 1.54) is 12.1 Å². The number of aryl methyl sites for hydroxylation is 2. The highest BCUT2D eigenvalue weighted by Crippen LogP contribution is 2.33. The molecule has 2 rings (SSSR count). The summed E-state index contributed by atoms with van der Waals surface area (Å²) in [7, 11) is -3.94. The van der Waals surface area contributed by atoms with Crippen molar-refractivity contribution in [3.8, 4) is 0 Å². The van der Waals surface area contributed by atoms with E-state index in [-0.39, 0.29) is 20.6 Å². The van der Waals surface area contributed by atoms with Crippen LogP contribution in [0.3, 0.4) is 0 Å². The number of nitrogen functional groups attached to an aromatic ring is 1. The lowest BCUT2D eigenvalue weighted by molar-refractivity contribution is 0.601. The van der Waals surface area contributed by atoms with Crippen molar-refractivity contribution in [1.82, 2.24) is 10.2 Å². The molecule has 4 N–H and O–H groups in total. The summed E-state index contributed by atoms with van der Waals surface area (Å²) in [6.45, 7) is 3.37. The Morgan fingerprint density at radius 1 is 1.25 bits per heavy atom. The van der Waals surface area contributed by atoms with Gasteiger partial charge in [-0.2, -0.15) is 5.10 Å². The second kappa shape index (κ2) is 5.16. The van der Waals surface area contributed by atoms with Crippen molar-refractivity contribution in [2.45, 2.75) is 18.7 Å². The van der Waals surface area contributed by atoms with E-state index < -0.39 is 10.0 Å². The van der Waals surface area contributed by atoms with E-state index in [0.29, 0.717) is 17.1 Å². The van der Waals surface area contributed by atoms with Gasteiger partial charge >= 0.3 is 0 Å². The zero-order valence-electron chi connectivity index (χ0n) is 10.7. The average Bonchev–Trinajstić information content (AvgIpc) is 2.58. The van der Waals surface area contributed by atoms with Gasteiger partial charge in [0.1, 0.15) is 4.90 Å². The first-order valence-corrected chi connectivity index (χ1v) is 7.75. The van der Waals surface area contributed by atoms with Crippen LogP contribution in [0.5, 0.6) is 0 Å². The Balaban J connectivity index is 2.52. The predicted octanol–water partition coefficient (Wildman–Crippen LogP) is 2.72. The third-order valence-electron chi connectivity index (χ3n) is 2.65. The summed E-state index contributed by atoms with van der Waals surface area (Å²) in [6.07, 6.45) is 0. The molecule has 0 unspecified atom stereocenters. The summed E-state index contributed by atoms with van der Waals surface area (Å²) in [4.78, 5) is -0.213. The standard InChI is InChI=1S/C11H12Cl2N4O2S/c1-5-10(6(2)16-15-5)17-20(18,19)11-8(12)3-7(14)4-9(11)13/h3-4,17H,14H2,1-2H3,(H,15,16). The van der Waals surface area contributed by atoms with Crippen LogP contribution < -0.4 is 10.5 Å². The summed E-state index contributed by atoms with van der Waals surface area (Å²) in [5.41, 5.74) is 7.33. The van der Waals surface area contributed by atoms with E-state index in [1.54, 1.807) is 13.8 Å². The van der Waals surface area contributed by atoms with E-state index in [9.17, 15) is 8.42 Å². The third kappa shape index (κ3) is 2.70. The highest BCUT2D eigenvalue weighted by molar-refractivity contribution is 7.93. The second-order valence-corrected chi connectivity index (χ2v) is 6.66. The number of nitrogens with one attached hydrogen (secondary N) is 2. The number of hydrogen-bond donors (Lipinski definition) is 3. The number of rotatable bonds is 3. The van der Waals surface area contributed by atoms with E-state index in [0.717, 1.165) is 0 Å². The molecule has 1 heterocycles. The van der Waals surface area contributed by atoms with Crippen molar-refractivity contribution >= 4 is 44.6 Å². The SMILES string of the molecule is Cc1n[nH]c(C)c1NS(=O)(=O)c1c(Cl)cc(N)cc1Cl. The number of sulfonamides is 1. The van der Waals surface area contributed by atoms with Crippen molar-refractivity contribution in [2.24, 2.45) is 0 Å². The fraction of sp³-hybridized carbons (Fsp3) is 0.182. The molecule has 1 aromatic heterocycles. The maximum Gasteiger partial charge on any atom is 0.264 e. The lowest BCUT2D eigenvalue weighted by Gasteiger charge is -2.11. The fourth-order valence-corrected chi connectivity index (χ4v) is 4.14. The Morgan fingerprint density at radius 3 is 2.25 bits per heavy atom. The molecule has 6 nitrogen and oxygen atoms in total. The van der Waals surface area contributed by atoms with Gasteiger partial charge in [-0.15, -0.1) is 0 Å². The number of halogens is 2. The molecule has 0 saturated heterocycles. The first kappa shape index (κ1) is 15.0. The summed E-state index contributed by atoms with van der Waals surface area (Å²) < 4.78 is 27.2. The molecule has 9 heteroatoms. The van der Waals surface area contributed by atoms with Crippen molar-refractivity contribution in [1.29, 1.82) is 0 Å². The van der Waals surface area contributed by atoms with E-state index in [4.69, 9.17) is 28.9 Å². The van der Waals surface area contributed by atoms with Gasteiger partial charge in [0.05, 0.1) is 27.1 Å². The molecule has 20 heavy (non-hydrogen) atoms. The smallest absolute Gasteiger partial charge is 0.264 e. The number of nitrogens with two attached hydrogens (primary N) is 1. The Labute approximate surface area is 126 Å². The zero-order chi connectivity index (χ0) is 15.1. The number of nitrogens with zero attached hydrogens (tertiary/aromatic N) is 1. The van der Waals surface area contributed by atoms with Gasteiger partial charge in [-0.3, -0.25) is 9.82 Å². The molecule has 0 aliphatic carbocycles. The number of aromatic nitrogens is 2. The predicted molar refractivity (Wildman–Crippen MR) is 79.7 cm³/mol. The van der Waals surface area contributed by atoms with E-state index >= 15 is 0 Å². The molecule has 0 saturated carbocycles. The van der Waals surface area contributed by atoms with Crippen LogP contribution in [0.25, 0.3) is 0 Å². The molecule has 108 valence electrons. The number of H-pyrrole nitrogens is 1. The highest BCUT2D eigenvalue weighted by atomic mass is 35.5. The molecule has 0 radical (unpaired) electrons. The van der Waals surface area contributed by atoms with Crippen LogP contribution in [0, 0.1) is 13.8 Å². The van der Waals surface area contributed by atoms with Crippen LogP contribution in [0.15, 0.2) is 17.0 Å². The zero-order valence-corrected chi connectivity index (χ0v) is 13.0. The summed E-state index contributed by atoms with van der Waals surface area (Å²) in [6, 6.07) is 2.66. The summed E-state index contributed by atoms with van der Waals surface area (Å²) in [5.74, 6) is 0. The molecule has 2 aromatic rings. The second-order valence-electron chi connectivity index (χ2n) is 4.23. The van der Waals surface area contributed by atoms with Gasteiger partial charge in [-0.1, -0.05) is 23.2 Å². The lowest BCUT2D eigenvalue weighted by atomic mass is 10.3. The van der Waals surface area contributed by atoms with Crippen LogP contribution >= 0.6 is 23.2 Å². The molecule has 0 aliphatic heterocycles. The van der Waals surface area contributed by atoms with Crippen LogP contribution in [-0.4, -0.2) is 18.6 Å². The Bertz CT molecular complexity index is 728. The molecule has 0 amide bonds. The van der Waals surface area contributed by atoms with Crippen LogP contribution in [0.1, 0.15) is 11.4 Å². The third-order valence-corrected chi connectivity index (χ3v) is 4.92. The van der Waals surface area contributed by atoms with Crippen molar-refractivity contribution in [3.63, 3.8) is 0 Å². The van der Waals surface area contributed by atoms with Gasteiger partial charge in [-0.25, -0.2) is 8.42 Å². The normalized spacial score (nSPS) is 11.6. The fourth-order valence-electron chi connectivity index (χ4n) is 1.72. The Morgan fingerprint density at radius 2 is 1.80 bits per heavy atom. The number of hydrogen-bond acceptors (Lipinski definition) is 4. The molecule has 1 aromatic carbocycles. The molecular formula is C11H12Cl2N4O2S. The number of aromatic amines is 1. The van der Waals surface area contributed by atoms with Crippen LogP contribution in [0.2, 0.25) is 10.0 Å². The monoisotopic (exact) mass is 334 g/mol. The number of anilines is 2. The first-order chi connectivity index (χ1) is 9.22. The highest BCUT2D eigenvalue weighted by Gasteiger charge is 2.24. The van der Waals surface area contributed by atoms with Gasteiger partial charge in [-0.05, 0) is 26.0 Å². The first-order valence-electron chi connectivity index (χ1n) is 5.51. The Kier molecular flexibility index (Phi) is 3.86. The minimum Gasteiger partial charge on any atom is -0.399 e. The maximum absolute atomic E-state index is 12.4. The minimum atomic E-state index is -3.94. The molecule has 0 aliphatic rings. The molecule has 0 fully saturated rings. The van der Waals surface area contributed by atoms with Gasteiger partial charge in [0.2, 0.25) is 0 Å². The van der Waals surface area contributed by atoms with Gasteiger partial charge < -0.3 is 5.73 Å². The van der Waals surface area contributed by atoms with Gasteiger partial charge in [0, 0.05) is 5.69 Å². The van der Waals surface area contributed by atoms with Crippen LogP contribution in [0.4, 0.5) is 11.4 Å². The molecule has 0 spiro atoms. The van der Waals surface area contributed by atoms with E-state index in [2.05, 4.69) is 14.9 Å². The lowest BCUT2D eigenvalue weighted by Crippen LogP contribution is -2.15. The van der Waals surface area contributed by atoms with Crippen molar-refractivity contribution in [2.75, 3.05) is 10.5 Å². The van der Waals surface area contributed by atoms with Crippen molar-refractivity contribution in [3.05, 3.63) is 33.6 Å². The van der Waals surface area contributed by atoms with Gasteiger partial charge in [0.25, 0.3) is 10.0 Å². The molecular weight excluding hydrogens is 323 g/mol. The minimum absolute atomic E-state index is 0.0405. The van der Waals surface area contributed by atoms with E-state index in [1.807, 2.05) is 0 Å². The largest absolute Gasteiger partial charge is 0.399 e. The maximum atomic E-state index is 12.4. The average molecular weight is 335 g/mol. The van der Waals surface area contributed by atoms with Crippen LogP contribution in [-0.2, 0) is 10.0 Å². The van der Waals surface area contributed by atoms with Gasteiger partial charge in [0.15, 0.2) is 0 Å². The molecule has 0 atom stereocenters. The topological polar surface area (TPSA) is 101 Å². The summed E-state index contributed by atoms with van der Waals surface area (Å²) in [5, 5.41) is 6.52. The number of benzene rings is 1. The molecule has 0 bridgehead atoms. The Hall–Kier alpha value is -1.44. The van der Waals surface area contributed by atoms with Crippen molar-refractivity contribution < 1.29 is 8.42 Å².